The Hall–Kier alpha value is -2.82. The first-order chi connectivity index (χ1) is 15.4. The molecule has 6 heteroatoms. The van der Waals surface area contributed by atoms with E-state index in [4.69, 9.17) is 32.7 Å². The van der Waals surface area contributed by atoms with Gasteiger partial charge in [-0.15, -0.1) is 0 Å². The van der Waals surface area contributed by atoms with Gasteiger partial charge in [0.2, 0.25) is 0 Å². The number of benzene rings is 3. The van der Waals surface area contributed by atoms with Gasteiger partial charge in [0.05, 0.1) is 21.2 Å². The number of ether oxygens (including phenoxy) is 2. The highest BCUT2D eigenvalue weighted by Crippen LogP contribution is 2.28. The van der Waals surface area contributed by atoms with Crippen LogP contribution in [0.4, 0.5) is 0 Å². The van der Waals surface area contributed by atoms with Gasteiger partial charge in [0.25, 0.3) is 0 Å². The molecule has 0 aliphatic rings. The fraction of sp³-hybridized carbons (Fsp3) is 0.231. The highest BCUT2D eigenvalue weighted by Gasteiger charge is 2.17. The Morgan fingerprint density at radius 2 is 1.12 bits per heavy atom. The number of carbonyl (C=O) groups is 2. The zero-order valence-electron chi connectivity index (χ0n) is 18.0. The van der Waals surface area contributed by atoms with Crippen LogP contribution in [0.1, 0.15) is 58.5 Å². The van der Waals surface area contributed by atoms with Crippen LogP contribution in [0.3, 0.4) is 0 Å². The maximum absolute atomic E-state index is 12.7. The Labute approximate surface area is 198 Å². The van der Waals surface area contributed by atoms with Crippen LogP contribution in [0.2, 0.25) is 10.0 Å². The molecule has 0 amide bonds. The molecule has 0 aliphatic carbocycles. The highest BCUT2D eigenvalue weighted by molar-refractivity contribution is 6.32. The van der Waals surface area contributed by atoms with Crippen molar-refractivity contribution in [3.05, 3.63) is 93.0 Å². The van der Waals surface area contributed by atoms with E-state index in [0.29, 0.717) is 10.0 Å². The lowest BCUT2D eigenvalue weighted by molar-refractivity contribution is 0.0734. The Kier molecular flexibility index (Phi) is 8.32. The average Bonchev–Trinajstić information content (AvgIpc) is 2.78. The van der Waals surface area contributed by atoms with Gasteiger partial charge in [-0.25, -0.2) is 9.59 Å². The second kappa shape index (κ2) is 11.2. The van der Waals surface area contributed by atoms with Gasteiger partial charge in [0.15, 0.2) is 0 Å². The molecule has 0 saturated heterocycles. The van der Waals surface area contributed by atoms with Crippen LogP contribution in [0, 0.1) is 0 Å². The molecule has 3 rings (SSSR count). The molecule has 0 aromatic heterocycles. The molecule has 3 aromatic rings. The second-order valence-corrected chi connectivity index (χ2v) is 8.20. The van der Waals surface area contributed by atoms with Crippen LogP contribution < -0.4 is 9.47 Å². The number of hydrogen-bond donors (Lipinski definition) is 0. The minimum absolute atomic E-state index is 0.210. The lowest BCUT2D eigenvalue weighted by atomic mass is 10.1. The van der Waals surface area contributed by atoms with E-state index in [1.54, 1.807) is 42.5 Å². The minimum atomic E-state index is -0.613. The smallest absolute Gasteiger partial charge is 0.343 e. The number of halogens is 2. The predicted molar refractivity (Wildman–Crippen MR) is 127 cm³/mol. The SMILES string of the molecule is CCCc1ccc(Cl)c(OC(=O)c2cccc(C(=O)Oc3cc(CCC)ccc3Cl)c2)c1. The van der Waals surface area contributed by atoms with E-state index in [0.717, 1.165) is 36.8 Å². The van der Waals surface area contributed by atoms with E-state index in [2.05, 4.69) is 13.8 Å². The predicted octanol–water partition coefficient (Wildman–Crippen LogP) is 7.34. The summed E-state index contributed by atoms with van der Waals surface area (Å²) < 4.78 is 11.0. The van der Waals surface area contributed by atoms with Crippen molar-refractivity contribution in [3.63, 3.8) is 0 Å². The molecular weight excluding hydrogens is 447 g/mol. The van der Waals surface area contributed by atoms with Crippen LogP contribution in [0.5, 0.6) is 11.5 Å². The molecule has 32 heavy (non-hydrogen) atoms. The molecule has 0 aliphatic heterocycles. The number of rotatable bonds is 8. The third-order valence-electron chi connectivity index (χ3n) is 4.81. The van der Waals surface area contributed by atoms with Crippen LogP contribution >= 0.6 is 23.2 Å². The lowest BCUT2D eigenvalue weighted by Gasteiger charge is -2.10. The molecule has 0 saturated carbocycles. The molecule has 0 heterocycles. The molecule has 0 N–H and O–H groups in total. The van der Waals surface area contributed by atoms with E-state index >= 15 is 0 Å². The third-order valence-corrected chi connectivity index (χ3v) is 5.43. The monoisotopic (exact) mass is 470 g/mol. The number of hydrogen-bond acceptors (Lipinski definition) is 4. The summed E-state index contributed by atoms with van der Waals surface area (Å²) in [4.78, 5) is 25.4. The molecule has 0 atom stereocenters. The zero-order chi connectivity index (χ0) is 23.1. The lowest BCUT2D eigenvalue weighted by Crippen LogP contribution is -2.13. The Bertz CT molecular complexity index is 1040. The van der Waals surface area contributed by atoms with Gasteiger partial charge >= 0.3 is 11.9 Å². The van der Waals surface area contributed by atoms with Gasteiger partial charge in [-0.05, 0) is 66.4 Å². The van der Waals surface area contributed by atoms with Crippen molar-refractivity contribution < 1.29 is 19.1 Å². The van der Waals surface area contributed by atoms with Crippen molar-refractivity contribution in [1.82, 2.24) is 0 Å². The molecule has 0 unspecified atom stereocenters. The molecule has 3 aromatic carbocycles. The first kappa shape index (κ1) is 23.8. The van der Waals surface area contributed by atoms with Crippen LogP contribution in [0.15, 0.2) is 60.7 Å². The first-order valence-corrected chi connectivity index (χ1v) is 11.3. The van der Waals surface area contributed by atoms with Crippen LogP contribution in [0.25, 0.3) is 0 Å². The van der Waals surface area contributed by atoms with E-state index in [9.17, 15) is 9.59 Å². The summed E-state index contributed by atoms with van der Waals surface area (Å²) in [6.45, 7) is 4.14. The summed E-state index contributed by atoms with van der Waals surface area (Å²) in [7, 11) is 0. The highest BCUT2D eigenvalue weighted by atomic mass is 35.5. The summed E-state index contributed by atoms with van der Waals surface area (Å²) in [5, 5.41) is 0.686. The standard InChI is InChI=1S/C26H24Cl2O4/c1-3-6-17-10-12-21(27)23(14-17)31-25(29)19-8-5-9-20(16-19)26(30)32-24-15-18(7-4-2)11-13-22(24)28/h5,8-16H,3-4,6-7H2,1-2H3. The summed E-state index contributed by atoms with van der Waals surface area (Å²) in [5.41, 5.74) is 2.47. The fourth-order valence-corrected chi connectivity index (χ4v) is 3.54. The van der Waals surface area contributed by atoms with Crippen molar-refractivity contribution in [2.24, 2.45) is 0 Å². The van der Waals surface area contributed by atoms with E-state index in [-0.39, 0.29) is 22.6 Å². The largest absolute Gasteiger partial charge is 0.421 e. The molecule has 0 fully saturated rings. The fourth-order valence-electron chi connectivity index (χ4n) is 3.23. The maximum atomic E-state index is 12.7. The molecular formula is C26H24Cl2O4. The van der Waals surface area contributed by atoms with Gasteiger partial charge < -0.3 is 9.47 Å². The second-order valence-electron chi connectivity index (χ2n) is 7.39. The van der Waals surface area contributed by atoms with E-state index in [1.807, 2.05) is 12.1 Å². The maximum Gasteiger partial charge on any atom is 0.343 e. The summed E-state index contributed by atoms with van der Waals surface area (Å²) in [6, 6.07) is 16.9. The number of esters is 2. The average molecular weight is 471 g/mol. The van der Waals surface area contributed by atoms with Crippen molar-refractivity contribution in [2.75, 3.05) is 0 Å². The third kappa shape index (κ3) is 6.12. The number of aryl methyl sites for hydroxylation is 2. The van der Waals surface area contributed by atoms with Gasteiger partial charge in [0.1, 0.15) is 11.5 Å². The van der Waals surface area contributed by atoms with Crippen LogP contribution in [-0.4, -0.2) is 11.9 Å². The van der Waals surface area contributed by atoms with Crippen molar-refractivity contribution in [2.45, 2.75) is 39.5 Å². The van der Waals surface area contributed by atoms with Gasteiger partial charge in [-0.1, -0.05) is 68.1 Å². The summed E-state index contributed by atoms with van der Waals surface area (Å²) >= 11 is 12.4. The molecule has 0 bridgehead atoms. The first-order valence-electron chi connectivity index (χ1n) is 10.5. The topological polar surface area (TPSA) is 52.6 Å². The normalized spacial score (nSPS) is 10.6. The van der Waals surface area contributed by atoms with Gasteiger partial charge in [0, 0.05) is 0 Å². The Balaban J connectivity index is 1.76. The van der Waals surface area contributed by atoms with Gasteiger partial charge in [-0.2, -0.15) is 0 Å². The zero-order valence-corrected chi connectivity index (χ0v) is 19.5. The molecule has 166 valence electrons. The summed E-state index contributed by atoms with van der Waals surface area (Å²) in [6.07, 6.45) is 3.63. The quantitative estimate of drug-likeness (QED) is 0.255. The Morgan fingerprint density at radius 3 is 1.53 bits per heavy atom. The van der Waals surface area contributed by atoms with Crippen molar-refractivity contribution in [1.29, 1.82) is 0 Å². The van der Waals surface area contributed by atoms with Crippen LogP contribution in [-0.2, 0) is 12.8 Å². The van der Waals surface area contributed by atoms with Gasteiger partial charge in [-0.3, -0.25) is 0 Å². The van der Waals surface area contributed by atoms with E-state index in [1.165, 1.54) is 6.07 Å². The van der Waals surface area contributed by atoms with Crippen molar-refractivity contribution in [3.8, 4) is 11.5 Å². The molecule has 4 nitrogen and oxygen atoms in total. The van der Waals surface area contributed by atoms with Crippen molar-refractivity contribution >= 4 is 35.1 Å². The number of carbonyl (C=O) groups excluding carboxylic acids is 2. The Morgan fingerprint density at radius 1 is 0.688 bits per heavy atom. The molecule has 0 radical (unpaired) electrons. The summed E-state index contributed by atoms with van der Waals surface area (Å²) in [5.74, 6) is -0.651. The minimum Gasteiger partial charge on any atom is -0.421 e. The molecule has 0 spiro atoms. The van der Waals surface area contributed by atoms with E-state index < -0.39 is 11.9 Å².